The van der Waals surface area contributed by atoms with Gasteiger partial charge in [-0.1, -0.05) is 6.07 Å². The average molecular weight is 522 g/mol. The van der Waals surface area contributed by atoms with Crippen molar-refractivity contribution in [2.45, 2.75) is 39.3 Å². The van der Waals surface area contributed by atoms with Gasteiger partial charge < -0.3 is 10.2 Å². The van der Waals surface area contributed by atoms with Gasteiger partial charge in [-0.05, 0) is 55.7 Å². The number of carbonyl (C=O) groups is 1. The van der Waals surface area contributed by atoms with Crippen LogP contribution in [0.25, 0.3) is 0 Å². The molecular formula is C26H31N7O3S. The Bertz CT molecular complexity index is 1410. The highest BCUT2D eigenvalue weighted by atomic mass is 32.2. The summed E-state index contributed by atoms with van der Waals surface area (Å²) in [7, 11) is -3.41. The largest absolute Gasteiger partial charge is 0.337 e. The van der Waals surface area contributed by atoms with E-state index >= 15 is 0 Å². The number of benzene rings is 1. The van der Waals surface area contributed by atoms with Gasteiger partial charge in [0.05, 0.1) is 17.5 Å². The molecule has 1 atom stereocenters. The van der Waals surface area contributed by atoms with E-state index in [0.29, 0.717) is 24.6 Å². The molecule has 1 saturated heterocycles. The predicted octanol–water partition coefficient (Wildman–Crippen LogP) is 2.88. The zero-order valence-electron chi connectivity index (χ0n) is 21.2. The van der Waals surface area contributed by atoms with Gasteiger partial charge in [-0.3, -0.25) is 14.4 Å². The SMILES string of the molecule is Cc1cc(C)cc(Nc2ncc3c(n2)CCN(C2CCN(C(=O)c4ccc(NS(C)(=O)=O)nc4)C2)C3)c1. The van der Waals surface area contributed by atoms with Crippen LogP contribution >= 0.6 is 0 Å². The van der Waals surface area contributed by atoms with Crippen LogP contribution in [0.1, 0.15) is 39.2 Å². The Balaban J connectivity index is 1.19. The highest BCUT2D eigenvalue weighted by molar-refractivity contribution is 7.92. The zero-order valence-corrected chi connectivity index (χ0v) is 22.0. The van der Waals surface area contributed by atoms with E-state index in [-0.39, 0.29) is 17.8 Å². The molecule has 0 bridgehead atoms. The molecule has 1 unspecified atom stereocenters. The number of hydrogen-bond donors (Lipinski definition) is 2. The number of carbonyl (C=O) groups excluding carboxylic acids is 1. The summed E-state index contributed by atoms with van der Waals surface area (Å²) in [4.78, 5) is 30.7. The molecule has 4 heterocycles. The van der Waals surface area contributed by atoms with Crippen molar-refractivity contribution < 1.29 is 13.2 Å². The van der Waals surface area contributed by atoms with E-state index in [1.54, 1.807) is 6.07 Å². The van der Waals surface area contributed by atoms with Crippen LogP contribution in [0.4, 0.5) is 17.5 Å². The Morgan fingerprint density at radius 3 is 2.54 bits per heavy atom. The van der Waals surface area contributed by atoms with Crippen LogP contribution in [0.2, 0.25) is 0 Å². The first-order valence-corrected chi connectivity index (χ1v) is 14.2. The smallest absolute Gasteiger partial charge is 0.255 e. The minimum atomic E-state index is -3.41. The van der Waals surface area contributed by atoms with Crippen LogP contribution in [0.3, 0.4) is 0 Å². The molecule has 10 nitrogen and oxygen atoms in total. The van der Waals surface area contributed by atoms with E-state index in [4.69, 9.17) is 4.98 Å². The van der Waals surface area contributed by atoms with Crippen molar-refractivity contribution in [2.24, 2.45) is 0 Å². The van der Waals surface area contributed by atoms with Gasteiger partial charge >= 0.3 is 0 Å². The number of aromatic nitrogens is 3. The summed E-state index contributed by atoms with van der Waals surface area (Å²) < 4.78 is 25.0. The molecule has 0 spiro atoms. The van der Waals surface area contributed by atoms with Gasteiger partial charge in [-0.25, -0.2) is 23.4 Å². The van der Waals surface area contributed by atoms with Crippen LogP contribution in [0, 0.1) is 13.8 Å². The molecule has 0 saturated carbocycles. The fraction of sp³-hybridized carbons (Fsp3) is 0.385. The molecule has 2 aliphatic rings. The van der Waals surface area contributed by atoms with Crippen molar-refractivity contribution in [3.8, 4) is 0 Å². The van der Waals surface area contributed by atoms with Gasteiger partial charge in [0.25, 0.3) is 5.91 Å². The summed E-state index contributed by atoms with van der Waals surface area (Å²) in [5, 5.41) is 3.33. The van der Waals surface area contributed by atoms with E-state index in [1.807, 2.05) is 11.1 Å². The van der Waals surface area contributed by atoms with Crippen LogP contribution in [0.15, 0.2) is 42.7 Å². The van der Waals surface area contributed by atoms with E-state index in [0.717, 1.165) is 49.1 Å². The minimum absolute atomic E-state index is 0.0937. The minimum Gasteiger partial charge on any atom is -0.337 e. The molecule has 1 fully saturated rings. The summed E-state index contributed by atoms with van der Waals surface area (Å²) in [6.07, 6.45) is 6.12. The first-order chi connectivity index (χ1) is 17.6. The van der Waals surface area contributed by atoms with Crippen molar-refractivity contribution in [1.29, 1.82) is 0 Å². The van der Waals surface area contributed by atoms with Crippen LogP contribution < -0.4 is 10.0 Å². The maximum atomic E-state index is 13.0. The summed E-state index contributed by atoms with van der Waals surface area (Å²) in [5.41, 5.74) is 6.01. The van der Waals surface area contributed by atoms with E-state index in [1.165, 1.54) is 23.4 Å². The van der Waals surface area contributed by atoms with Crippen LogP contribution in [-0.4, -0.2) is 71.0 Å². The van der Waals surface area contributed by atoms with Crippen molar-refractivity contribution in [1.82, 2.24) is 24.8 Å². The second-order valence-electron chi connectivity index (χ2n) is 9.89. The number of amides is 1. The molecule has 5 rings (SSSR count). The number of sulfonamides is 1. The number of aryl methyl sites for hydroxylation is 2. The van der Waals surface area contributed by atoms with Crippen molar-refractivity contribution >= 4 is 33.4 Å². The number of likely N-dealkylation sites (tertiary alicyclic amines) is 1. The number of pyridine rings is 1. The highest BCUT2D eigenvalue weighted by Gasteiger charge is 2.33. The molecule has 2 aliphatic heterocycles. The summed E-state index contributed by atoms with van der Waals surface area (Å²) in [5.74, 6) is 0.713. The van der Waals surface area contributed by atoms with Crippen LogP contribution in [0.5, 0.6) is 0 Å². The van der Waals surface area contributed by atoms with E-state index < -0.39 is 10.0 Å². The van der Waals surface area contributed by atoms with Gasteiger partial charge in [0.15, 0.2) is 0 Å². The standard InChI is InChI=1S/C26H31N7O3S/c1-17-10-18(2)12-21(11-17)29-26-28-14-20-15-32(9-7-23(20)30-26)22-6-8-33(16-22)25(34)19-4-5-24(27-13-19)31-37(3,35)36/h4-5,10-14,22H,6-9,15-16H2,1-3H3,(H,27,31)(H,28,29,30). The first kappa shape index (κ1) is 25.1. The molecule has 1 amide bonds. The molecular weight excluding hydrogens is 490 g/mol. The van der Waals surface area contributed by atoms with E-state index in [9.17, 15) is 13.2 Å². The van der Waals surface area contributed by atoms with Gasteiger partial charge in [-0.15, -0.1) is 0 Å². The monoisotopic (exact) mass is 521 g/mol. The lowest BCUT2D eigenvalue weighted by Crippen LogP contribution is -2.42. The molecule has 2 aromatic heterocycles. The molecule has 11 heteroatoms. The fourth-order valence-electron chi connectivity index (χ4n) is 5.06. The quantitative estimate of drug-likeness (QED) is 0.508. The maximum absolute atomic E-state index is 13.0. The topological polar surface area (TPSA) is 120 Å². The lowest BCUT2D eigenvalue weighted by atomic mass is 10.0. The number of nitrogens with zero attached hydrogens (tertiary/aromatic N) is 5. The number of anilines is 3. The molecule has 3 aromatic rings. The summed E-state index contributed by atoms with van der Waals surface area (Å²) in [6, 6.07) is 9.69. The number of rotatable bonds is 6. The normalized spacial score (nSPS) is 17.9. The third-order valence-corrected chi connectivity index (χ3v) is 7.29. The Kier molecular flexibility index (Phi) is 6.82. The second kappa shape index (κ2) is 10.1. The third kappa shape index (κ3) is 6.05. The molecule has 194 valence electrons. The lowest BCUT2D eigenvalue weighted by molar-refractivity contribution is 0.0772. The Morgan fingerprint density at radius 2 is 1.84 bits per heavy atom. The predicted molar refractivity (Wildman–Crippen MR) is 142 cm³/mol. The molecule has 0 aliphatic carbocycles. The van der Waals surface area contributed by atoms with E-state index in [2.05, 4.69) is 57.0 Å². The fourth-order valence-corrected chi connectivity index (χ4v) is 5.56. The van der Waals surface area contributed by atoms with Gasteiger partial charge in [0.1, 0.15) is 5.82 Å². The summed E-state index contributed by atoms with van der Waals surface area (Å²) in [6.45, 7) is 7.11. The average Bonchev–Trinajstić information content (AvgIpc) is 3.32. The summed E-state index contributed by atoms with van der Waals surface area (Å²) >= 11 is 0. The third-order valence-electron chi connectivity index (χ3n) is 6.71. The highest BCUT2D eigenvalue weighted by Crippen LogP contribution is 2.26. The molecule has 0 radical (unpaired) electrons. The zero-order chi connectivity index (χ0) is 26.2. The van der Waals surface area contributed by atoms with Gasteiger partial charge in [-0.2, -0.15) is 0 Å². The maximum Gasteiger partial charge on any atom is 0.255 e. The number of hydrogen-bond acceptors (Lipinski definition) is 8. The van der Waals surface area contributed by atoms with Crippen molar-refractivity contribution in [3.05, 3.63) is 70.7 Å². The van der Waals surface area contributed by atoms with Crippen molar-refractivity contribution in [2.75, 3.05) is 35.9 Å². The molecule has 37 heavy (non-hydrogen) atoms. The van der Waals surface area contributed by atoms with Crippen molar-refractivity contribution in [3.63, 3.8) is 0 Å². The first-order valence-electron chi connectivity index (χ1n) is 12.3. The van der Waals surface area contributed by atoms with Gasteiger partial charge in [0.2, 0.25) is 16.0 Å². The van der Waals surface area contributed by atoms with Gasteiger partial charge in [0, 0.05) is 62.3 Å². The molecule has 2 N–H and O–H groups in total. The molecule has 1 aromatic carbocycles. The second-order valence-corrected chi connectivity index (χ2v) is 11.6. The number of nitrogens with one attached hydrogen (secondary N) is 2. The lowest BCUT2D eigenvalue weighted by Gasteiger charge is -2.33. The Labute approximate surface area is 217 Å². The Morgan fingerprint density at radius 1 is 1.05 bits per heavy atom. The number of fused-ring (bicyclic) bond motifs is 1. The Hall–Kier alpha value is -3.57. The van der Waals surface area contributed by atoms with Crippen LogP contribution in [-0.2, 0) is 23.0 Å².